The standard InChI is InChI=1S/C15H23N3O3S/c1-12-4-6-13(7-5-12)15(19)16-14-8-10-18(11-9-14)22(20,21)17(2)3/h4-7,14H,8-11H2,1-3H3,(H,16,19). The Kier molecular flexibility index (Phi) is 5.20. The molecular formula is C15H23N3O3S. The van der Waals surface area contributed by atoms with Crippen molar-refractivity contribution in [2.45, 2.75) is 25.8 Å². The first-order valence-electron chi connectivity index (χ1n) is 7.36. The van der Waals surface area contributed by atoms with Gasteiger partial charge in [0.1, 0.15) is 0 Å². The van der Waals surface area contributed by atoms with Crippen molar-refractivity contribution in [1.29, 1.82) is 0 Å². The van der Waals surface area contributed by atoms with Crippen LogP contribution in [0.3, 0.4) is 0 Å². The van der Waals surface area contributed by atoms with Crippen LogP contribution in [-0.4, -0.2) is 56.2 Å². The van der Waals surface area contributed by atoms with Gasteiger partial charge in [0.05, 0.1) is 0 Å². The van der Waals surface area contributed by atoms with E-state index >= 15 is 0 Å². The number of amides is 1. The van der Waals surface area contributed by atoms with Crippen molar-refractivity contribution in [2.24, 2.45) is 0 Å². The third-order valence-corrected chi connectivity index (χ3v) is 5.83. The Labute approximate surface area is 132 Å². The molecule has 0 bridgehead atoms. The number of piperidine rings is 1. The topological polar surface area (TPSA) is 69.7 Å². The Hall–Kier alpha value is -1.44. The molecule has 6 nitrogen and oxygen atoms in total. The van der Waals surface area contributed by atoms with Crippen LogP contribution in [0.1, 0.15) is 28.8 Å². The van der Waals surface area contributed by atoms with Gasteiger partial charge in [-0.2, -0.15) is 17.0 Å². The van der Waals surface area contributed by atoms with Crippen LogP contribution in [0, 0.1) is 6.92 Å². The van der Waals surface area contributed by atoms with Crippen molar-refractivity contribution >= 4 is 16.1 Å². The number of benzene rings is 1. The molecule has 0 saturated carbocycles. The molecule has 22 heavy (non-hydrogen) atoms. The summed E-state index contributed by atoms with van der Waals surface area (Å²) in [5.41, 5.74) is 1.74. The first-order valence-corrected chi connectivity index (χ1v) is 8.75. The Morgan fingerprint density at radius 2 is 1.73 bits per heavy atom. The van der Waals surface area contributed by atoms with Gasteiger partial charge >= 0.3 is 0 Å². The minimum absolute atomic E-state index is 0.0161. The van der Waals surface area contributed by atoms with E-state index < -0.39 is 10.2 Å². The van der Waals surface area contributed by atoms with E-state index in [0.29, 0.717) is 31.5 Å². The normalized spacial score (nSPS) is 17.6. The smallest absolute Gasteiger partial charge is 0.281 e. The number of carbonyl (C=O) groups excluding carboxylic acids is 1. The maximum absolute atomic E-state index is 12.2. The SMILES string of the molecule is Cc1ccc(C(=O)NC2CCN(S(=O)(=O)N(C)C)CC2)cc1. The fraction of sp³-hybridized carbons (Fsp3) is 0.533. The second-order valence-electron chi connectivity index (χ2n) is 5.80. The van der Waals surface area contributed by atoms with Gasteiger partial charge in [0.15, 0.2) is 0 Å². The van der Waals surface area contributed by atoms with Crippen LogP contribution in [0.2, 0.25) is 0 Å². The zero-order valence-corrected chi connectivity index (χ0v) is 14.1. The molecule has 1 N–H and O–H groups in total. The summed E-state index contributed by atoms with van der Waals surface area (Å²) in [7, 11) is -0.298. The molecule has 1 aromatic rings. The number of rotatable bonds is 4. The lowest BCUT2D eigenvalue weighted by Crippen LogP contribution is -2.49. The van der Waals surface area contributed by atoms with Crippen LogP contribution in [0.5, 0.6) is 0 Å². The lowest BCUT2D eigenvalue weighted by Gasteiger charge is -2.33. The molecule has 0 aliphatic carbocycles. The van der Waals surface area contributed by atoms with Crippen molar-refractivity contribution in [3.63, 3.8) is 0 Å². The van der Waals surface area contributed by atoms with Gasteiger partial charge in [0, 0.05) is 38.8 Å². The molecule has 7 heteroatoms. The molecule has 122 valence electrons. The first-order chi connectivity index (χ1) is 10.3. The molecule has 0 unspecified atom stereocenters. The Balaban J connectivity index is 1.90. The van der Waals surface area contributed by atoms with Gasteiger partial charge in [0.2, 0.25) is 0 Å². The zero-order chi connectivity index (χ0) is 16.3. The molecule has 1 amide bonds. The van der Waals surface area contributed by atoms with E-state index in [2.05, 4.69) is 5.32 Å². The van der Waals surface area contributed by atoms with E-state index in [1.807, 2.05) is 19.1 Å². The molecule has 0 atom stereocenters. The van der Waals surface area contributed by atoms with Gasteiger partial charge in [-0.25, -0.2) is 0 Å². The molecule has 1 fully saturated rings. The molecule has 1 aromatic carbocycles. The highest BCUT2D eigenvalue weighted by Crippen LogP contribution is 2.16. The van der Waals surface area contributed by atoms with Crippen LogP contribution in [0.4, 0.5) is 0 Å². The highest BCUT2D eigenvalue weighted by atomic mass is 32.2. The minimum Gasteiger partial charge on any atom is -0.349 e. The van der Waals surface area contributed by atoms with Crippen LogP contribution >= 0.6 is 0 Å². The Morgan fingerprint density at radius 1 is 1.18 bits per heavy atom. The van der Waals surface area contributed by atoms with E-state index in [9.17, 15) is 13.2 Å². The number of nitrogens with one attached hydrogen (secondary N) is 1. The Morgan fingerprint density at radius 3 is 2.23 bits per heavy atom. The van der Waals surface area contributed by atoms with Gasteiger partial charge in [-0.05, 0) is 31.9 Å². The summed E-state index contributed by atoms with van der Waals surface area (Å²) < 4.78 is 26.7. The van der Waals surface area contributed by atoms with Crippen molar-refractivity contribution in [2.75, 3.05) is 27.2 Å². The molecule has 1 saturated heterocycles. The second kappa shape index (κ2) is 6.76. The lowest BCUT2D eigenvalue weighted by molar-refractivity contribution is 0.0923. The summed E-state index contributed by atoms with van der Waals surface area (Å²) in [4.78, 5) is 12.2. The number of aryl methyl sites for hydroxylation is 1. The molecule has 2 rings (SSSR count). The highest BCUT2D eigenvalue weighted by molar-refractivity contribution is 7.86. The summed E-state index contributed by atoms with van der Waals surface area (Å²) in [6.45, 7) is 2.83. The Bertz CT molecular complexity index is 618. The summed E-state index contributed by atoms with van der Waals surface area (Å²) >= 11 is 0. The van der Waals surface area contributed by atoms with Gasteiger partial charge in [0.25, 0.3) is 16.1 Å². The van der Waals surface area contributed by atoms with Crippen molar-refractivity contribution in [1.82, 2.24) is 13.9 Å². The third kappa shape index (κ3) is 3.85. The van der Waals surface area contributed by atoms with Gasteiger partial charge < -0.3 is 5.32 Å². The number of hydrogen-bond donors (Lipinski definition) is 1. The fourth-order valence-electron chi connectivity index (χ4n) is 2.44. The number of hydrogen-bond acceptors (Lipinski definition) is 3. The third-order valence-electron chi connectivity index (χ3n) is 3.89. The van der Waals surface area contributed by atoms with E-state index in [1.54, 1.807) is 12.1 Å². The minimum atomic E-state index is -3.35. The maximum Gasteiger partial charge on any atom is 0.281 e. The highest BCUT2D eigenvalue weighted by Gasteiger charge is 2.30. The summed E-state index contributed by atoms with van der Waals surface area (Å²) in [5, 5.41) is 2.98. The number of carbonyl (C=O) groups is 1. The van der Waals surface area contributed by atoms with Crippen molar-refractivity contribution in [3.05, 3.63) is 35.4 Å². The predicted octanol–water partition coefficient (Wildman–Crippen LogP) is 0.996. The maximum atomic E-state index is 12.2. The molecule has 0 radical (unpaired) electrons. The van der Waals surface area contributed by atoms with Gasteiger partial charge in [-0.1, -0.05) is 17.7 Å². The quantitative estimate of drug-likeness (QED) is 0.898. The van der Waals surface area contributed by atoms with E-state index in [1.165, 1.54) is 22.7 Å². The molecule has 1 aliphatic rings. The zero-order valence-electron chi connectivity index (χ0n) is 13.2. The van der Waals surface area contributed by atoms with E-state index in [-0.39, 0.29) is 11.9 Å². The largest absolute Gasteiger partial charge is 0.349 e. The summed E-state index contributed by atoms with van der Waals surface area (Å²) in [6.07, 6.45) is 1.26. The van der Waals surface area contributed by atoms with Crippen molar-refractivity contribution < 1.29 is 13.2 Å². The summed E-state index contributed by atoms with van der Waals surface area (Å²) in [6, 6.07) is 7.43. The first kappa shape index (κ1) is 16.9. The molecule has 0 spiro atoms. The van der Waals surface area contributed by atoms with E-state index in [0.717, 1.165) is 5.56 Å². The van der Waals surface area contributed by atoms with Gasteiger partial charge in [-0.15, -0.1) is 0 Å². The molecular weight excluding hydrogens is 302 g/mol. The van der Waals surface area contributed by atoms with Crippen LogP contribution in [0.25, 0.3) is 0 Å². The molecule has 1 heterocycles. The molecule has 0 aromatic heterocycles. The number of nitrogens with zero attached hydrogens (tertiary/aromatic N) is 2. The second-order valence-corrected chi connectivity index (χ2v) is 7.95. The van der Waals surface area contributed by atoms with Crippen LogP contribution in [0.15, 0.2) is 24.3 Å². The van der Waals surface area contributed by atoms with Gasteiger partial charge in [-0.3, -0.25) is 4.79 Å². The van der Waals surface area contributed by atoms with Crippen molar-refractivity contribution in [3.8, 4) is 0 Å². The van der Waals surface area contributed by atoms with Crippen LogP contribution in [-0.2, 0) is 10.2 Å². The van der Waals surface area contributed by atoms with E-state index in [4.69, 9.17) is 0 Å². The lowest BCUT2D eigenvalue weighted by atomic mass is 10.1. The summed E-state index contributed by atoms with van der Waals surface area (Å²) in [5.74, 6) is -0.103. The average molecular weight is 325 g/mol. The molecule has 1 aliphatic heterocycles. The van der Waals surface area contributed by atoms with Crippen LogP contribution < -0.4 is 5.32 Å². The predicted molar refractivity (Wildman–Crippen MR) is 85.8 cm³/mol. The fourth-order valence-corrected chi connectivity index (χ4v) is 3.57. The monoisotopic (exact) mass is 325 g/mol. The average Bonchev–Trinajstić information content (AvgIpc) is 2.48.